The van der Waals surface area contributed by atoms with Crippen LogP contribution in [0.4, 0.5) is 10.1 Å². The molecule has 7 heteroatoms. The lowest BCUT2D eigenvalue weighted by Crippen LogP contribution is -2.47. The van der Waals surface area contributed by atoms with Crippen LogP contribution in [0.25, 0.3) is 6.08 Å². The normalized spacial score (nSPS) is 19.1. The Labute approximate surface area is 197 Å². The summed E-state index contributed by atoms with van der Waals surface area (Å²) >= 11 is 0. The first-order valence-corrected chi connectivity index (χ1v) is 12.2. The molecule has 5 nitrogen and oxygen atoms in total. The van der Waals surface area contributed by atoms with Crippen LogP contribution in [0.2, 0.25) is 0 Å². The Balaban J connectivity index is 1.74. The highest BCUT2D eigenvalue weighted by Crippen LogP contribution is 2.56. The van der Waals surface area contributed by atoms with Gasteiger partial charge in [0.1, 0.15) is 11.2 Å². The summed E-state index contributed by atoms with van der Waals surface area (Å²) in [6.07, 6.45) is 3.35. The molecule has 1 saturated carbocycles. The molecule has 1 fully saturated rings. The summed E-state index contributed by atoms with van der Waals surface area (Å²) in [5.74, 6) is -1.12. The van der Waals surface area contributed by atoms with Crippen molar-refractivity contribution in [1.82, 2.24) is 0 Å². The van der Waals surface area contributed by atoms with Crippen LogP contribution >= 0.6 is 0 Å². The van der Waals surface area contributed by atoms with Crippen molar-refractivity contribution < 1.29 is 22.3 Å². The molecule has 0 aromatic heterocycles. The molecular formula is C27H22FNO4S. The summed E-state index contributed by atoms with van der Waals surface area (Å²) in [7, 11) is -2.79. The molecule has 1 atom stereocenters. The number of para-hydroxylation sites is 1. The number of carbonyl (C=O) groups excluding carboxylic acids is 1. The first-order valence-electron chi connectivity index (χ1n) is 10.8. The van der Waals surface area contributed by atoms with Crippen molar-refractivity contribution in [3.8, 4) is 0 Å². The number of sulfonamides is 1. The van der Waals surface area contributed by atoms with Crippen molar-refractivity contribution >= 4 is 27.8 Å². The SMILES string of the molecule is COC(=O)C1(c2ccccc2)CC2=CN(S(=O)(=O)c3ccc(C)cc3)c3c(F)cccc3C=C21. The van der Waals surface area contributed by atoms with Crippen molar-refractivity contribution in [2.45, 2.75) is 23.7 Å². The third-order valence-corrected chi connectivity index (χ3v) is 8.12. The van der Waals surface area contributed by atoms with E-state index in [0.717, 1.165) is 15.4 Å². The first kappa shape index (κ1) is 22.1. The number of halogens is 1. The molecule has 0 amide bonds. The number of anilines is 1. The molecule has 1 aliphatic carbocycles. The van der Waals surface area contributed by atoms with E-state index in [1.165, 1.54) is 37.6 Å². The van der Waals surface area contributed by atoms with Crippen LogP contribution in [0.1, 0.15) is 23.1 Å². The number of aryl methyl sites for hydroxylation is 1. The van der Waals surface area contributed by atoms with Gasteiger partial charge < -0.3 is 4.74 Å². The van der Waals surface area contributed by atoms with Crippen LogP contribution in [0.15, 0.2) is 95.0 Å². The molecule has 0 saturated heterocycles. The van der Waals surface area contributed by atoms with E-state index >= 15 is 4.39 Å². The highest BCUT2D eigenvalue weighted by molar-refractivity contribution is 7.93. The van der Waals surface area contributed by atoms with Crippen molar-refractivity contribution in [2.24, 2.45) is 0 Å². The van der Waals surface area contributed by atoms with Gasteiger partial charge in [0.25, 0.3) is 10.0 Å². The molecule has 0 spiro atoms. The van der Waals surface area contributed by atoms with Crippen LogP contribution in [-0.4, -0.2) is 21.5 Å². The zero-order valence-corrected chi connectivity index (χ0v) is 19.5. The molecule has 5 rings (SSSR count). The number of esters is 1. The van der Waals surface area contributed by atoms with Crippen molar-refractivity contribution in [1.29, 1.82) is 0 Å². The number of fused-ring (bicyclic) bond motifs is 2. The van der Waals surface area contributed by atoms with Crippen LogP contribution < -0.4 is 4.31 Å². The number of nitrogens with zero attached hydrogens (tertiary/aromatic N) is 1. The molecule has 1 unspecified atom stereocenters. The average Bonchev–Trinajstić information content (AvgIpc) is 2.96. The minimum Gasteiger partial charge on any atom is -0.468 e. The molecule has 0 bridgehead atoms. The molecule has 172 valence electrons. The summed E-state index contributed by atoms with van der Waals surface area (Å²) < 4.78 is 48.7. The number of benzene rings is 3. The van der Waals surface area contributed by atoms with Crippen molar-refractivity contribution in [3.05, 3.63) is 113 Å². The van der Waals surface area contributed by atoms with Crippen LogP contribution in [-0.2, 0) is 25.0 Å². The Morgan fingerprint density at radius 3 is 2.38 bits per heavy atom. The fourth-order valence-electron chi connectivity index (χ4n) is 4.69. The van der Waals surface area contributed by atoms with Gasteiger partial charge in [-0.2, -0.15) is 0 Å². The quantitative estimate of drug-likeness (QED) is 0.491. The molecule has 34 heavy (non-hydrogen) atoms. The minimum absolute atomic E-state index is 0.0502. The standard InChI is InChI=1S/C27H22FNO4S/c1-18-11-13-22(14-12-18)34(31,32)29-17-20-16-27(26(30)33-2,21-8-4-3-5-9-21)23(20)15-19-7-6-10-24(28)25(19)29/h3-15,17H,16H2,1-2H3. The van der Waals surface area contributed by atoms with Gasteiger partial charge in [0.2, 0.25) is 0 Å². The molecule has 3 aromatic carbocycles. The second-order valence-electron chi connectivity index (χ2n) is 8.44. The minimum atomic E-state index is -4.12. The van der Waals surface area contributed by atoms with E-state index in [-0.39, 0.29) is 17.0 Å². The van der Waals surface area contributed by atoms with Gasteiger partial charge in [0, 0.05) is 11.8 Å². The van der Waals surface area contributed by atoms with E-state index in [1.807, 2.05) is 37.3 Å². The summed E-state index contributed by atoms with van der Waals surface area (Å²) in [6.45, 7) is 1.86. The van der Waals surface area contributed by atoms with Gasteiger partial charge in [0.15, 0.2) is 0 Å². The number of methoxy groups -OCH3 is 1. The van der Waals surface area contributed by atoms with Gasteiger partial charge in [-0.3, -0.25) is 4.79 Å². The number of hydrogen-bond donors (Lipinski definition) is 0. The van der Waals surface area contributed by atoms with E-state index in [2.05, 4.69) is 0 Å². The maximum atomic E-state index is 15.2. The lowest BCUT2D eigenvalue weighted by molar-refractivity contribution is -0.147. The molecule has 2 aliphatic rings. The van der Waals surface area contributed by atoms with Crippen molar-refractivity contribution in [2.75, 3.05) is 11.4 Å². The molecule has 3 aromatic rings. The van der Waals surface area contributed by atoms with Crippen LogP contribution in [0.5, 0.6) is 0 Å². The number of hydrogen-bond acceptors (Lipinski definition) is 4. The number of rotatable bonds is 4. The van der Waals surface area contributed by atoms with E-state index in [9.17, 15) is 13.2 Å². The van der Waals surface area contributed by atoms with Gasteiger partial charge in [0.05, 0.1) is 17.7 Å². The largest absolute Gasteiger partial charge is 0.468 e. The fourth-order valence-corrected chi connectivity index (χ4v) is 6.09. The summed E-state index contributed by atoms with van der Waals surface area (Å²) in [6, 6.07) is 20.0. The maximum absolute atomic E-state index is 15.2. The molecular weight excluding hydrogens is 453 g/mol. The van der Waals surface area contributed by atoms with Crippen LogP contribution in [0, 0.1) is 12.7 Å². The summed E-state index contributed by atoms with van der Waals surface area (Å²) in [5, 5.41) is 0. The second kappa shape index (κ2) is 7.95. The highest BCUT2D eigenvalue weighted by Gasteiger charge is 2.55. The fraction of sp³-hybridized carbons (Fsp3) is 0.148. The van der Waals surface area contributed by atoms with Crippen molar-refractivity contribution in [3.63, 3.8) is 0 Å². The number of allylic oxidation sites excluding steroid dienone is 1. The molecule has 0 radical (unpaired) electrons. The van der Waals surface area contributed by atoms with E-state index in [4.69, 9.17) is 4.74 Å². The third-order valence-electron chi connectivity index (χ3n) is 6.45. The van der Waals surface area contributed by atoms with Gasteiger partial charge in [-0.15, -0.1) is 0 Å². The van der Waals surface area contributed by atoms with Gasteiger partial charge in [-0.25, -0.2) is 17.1 Å². The Morgan fingerprint density at radius 2 is 1.71 bits per heavy atom. The maximum Gasteiger partial charge on any atom is 0.321 e. The number of carbonyl (C=O) groups is 1. The summed E-state index contributed by atoms with van der Waals surface area (Å²) in [5.41, 5.74) is 2.05. The smallest absolute Gasteiger partial charge is 0.321 e. The van der Waals surface area contributed by atoms with E-state index in [1.54, 1.807) is 24.3 Å². The van der Waals surface area contributed by atoms with Crippen LogP contribution in [0.3, 0.4) is 0 Å². The predicted molar refractivity (Wildman–Crippen MR) is 128 cm³/mol. The molecule has 1 aliphatic heterocycles. The lowest BCUT2D eigenvalue weighted by atomic mass is 9.57. The van der Waals surface area contributed by atoms with E-state index in [0.29, 0.717) is 16.7 Å². The monoisotopic (exact) mass is 475 g/mol. The molecule has 0 N–H and O–H groups in total. The van der Waals surface area contributed by atoms with E-state index < -0.39 is 27.2 Å². The zero-order valence-electron chi connectivity index (χ0n) is 18.7. The predicted octanol–water partition coefficient (Wildman–Crippen LogP) is 5.13. The number of ether oxygens (including phenoxy) is 1. The first-order chi connectivity index (χ1) is 16.3. The highest BCUT2D eigenvalue weighted by atomic mass is 32.2. The second-order valence-corrected chi connectivity index (χ2v) is 10.3. The van der Waals surface area contributed by atoms with Gasteiger partial charge in [-0.05, 0) is 54.3 Å². The Kier molecular flexibility index (Phi) is 5.17. The molecule has 1 heterocycles. The van der Waals surface area contributed by atoms with Gasteiger partial charge in [-0.1, -0.05) is 60.2 Å². The zero-order chi connectivity index (χ0) is 24.1. The van der Waals surface area contributed by atoms with Gasteiger partial charge >= 0.3 is 5.97 Å². The Bertz CT molecular complexity index is 1460. The topological polar surface area (TPSA) is 63.7 Å². The Hall–Kier alpha value is -3.71. The third kappa shape index (κ3) is 3.19. The summed E-state index contributed by atoms with van der Waals surface area (Å²) in [4.78, 5) is 13.1. The Morgan fingerprint density at radius 1 is 1.00 bits per heavy atom. The lowest BCUT2D eigenvalue weighted by Gasteiger charge is -2.44. The average molecular weight is 476 g/mol.